The molecule has 1 aliphatic carbocycles. The van der Waals surface area contributed by atoms with E-state index in [0.29, 0.717) is 5.92 Å². The fourth-order valence-electron chi connectivity index (χ4n) is 2.76. The van der Waals surface area contributed by atoms with Gasteiger partial charge in [0, 0.05) is 5.92 Å². The molecule has 0 bridgehead atoms. The minimum Gasteiger partial charge on any atom is -0.350 e. The van der Waals surface area contributed by atoms with E-state index in [0.717, 1.165) is 13.0 Å². The van der Waals surface area contributed by atoms with Crippen LogP contribution < -0.4 is 0 Å². The maximum atomic E-state index is 6.06. The van der Waals surface area contributed by atoms with Crippen molar-refractivity contribution in [1.29, 1.82) is 0 Å². The lowest BCUT2D eigenvalue weighted by molar-refractivity contribution is -0.292. The standard InChI is InChI=1S/C14H18O2/c1-9-4-5-10-7-11-8-15-14(2,3)16-13(11)12(10)6-9/h4-6,11,13H,7-8H2,1-3H3. The van der Waals surface area contributed by atoms with Crippen molar-refractivity contribution in [3.63, 3.8) is 0 Å². The molecule has 0 aromatic heterocycles. The van der Waals surface area contributed by atoms with E-state index in [9.17, 15) is 0 Å². The lowest BCUT2D eigenvalue weighted by Crippen LogP contribution is -2.39. The summed E-state index contributed by atoms with van der Waals surface area (Å²) in [7, 11) is 0. The molecule has 1 saturated heterocycles. The van der Waals surface area contributed by atoms with Crippen LogP contribution in [0.3, 0.4) is 0 Å². The average molecular weight is 218 g/mol. The molecule has 2 unspecified atom stereocenters. The maximum absolute atomic E-state index is 6.06. The van der Waals surface area contributed by atoms with Gasteiger partial charge in [0.25, 0.3) is 0 Å². The zero-order valence-electron chi connectivity index (χ0n) is 10.1. The lowest BCUT2D eigenvalue weighted by Gasteiger charge is -2.38. The summed E-state index contributed by atoms with van der Waals surface area (Å²) in [5.74, 6) is 0.0665. The van der Waals surface area contributed by atoms with Crippen molar-refractivity contribution in [1.82, 2.24) is 0 Å². The van der Waals surface area contributed by atoms with Crippen molar-refractivity contribution in [2.45, 2.75) is 39.1 Å². The molecule has 2 nitrogen and oxygen atoms in total. The Balaban J connectivity index is 1.98. The highest BCUT2D eigenvalue weighted by Crippen LogP contribution is 2.45. The number of fused-ring (bicyclic) bond motifs is 3. The highest BCUT2D eigenvalue weighted by atomic mass is 16.7. The minimum atomic E-state index is -0.438. The summed E-state index contributed by atoms with van der Waals surface area (Å²) >= 11 is 0. The monoisotopic (exact) mass is 218 g/mol. The third kappa shape index (κ3) is 1.57. The second-order valence-corrected chi connectivity index (χ2v) is 5.42. The van der Waals surface area contributed by atoms with Crippen molar-refractivity contribution in [2.75, 3.05) is 6.61 Å². The summed E-state index contributed by atoms with van der Waals surface area (Å²) in [6, 6.07) is 6.68. The number of hydrogen-bond acceptors (Lipinski definition) is 2. The van der Waals surface area contributed by atoms with E-state index in [4.69, 9.17) is 9.47 Å². The van der Waals surface area contributed by atoms with E-state index in [1.807, 2.05) is 13.8 Å². The number of ether oxygens (including phenoxy) is 2. The predicted molar refractivity (Wildman–Crippen MR) is 62.2 cm³/mol. The fraction of sp³-hybridized carbons (Fsp3) is 0.571. The fourth-order valence-corrected chi connectivity index (χ4v) is 2.76. The highest BCUT2D eigenvalue weighted by Gasteiger charge is 2.42. The molecule has 0 saturated carbocycles. The third-order valence-corrected chi connectivity index (χ3v) is 3.57. The van der Waals surface area contributed by atoms with Gasteiger partial charge in [0.2, 0.25) is 0 Å². The van der Waals surface area contributed by atoms with Gasteiger partial charge in [-0.3, -0.25) is 0 Å². The minimum absolute atomic E-state index is 0.235. The number of hydrogen-bond donors (Lipinski definition) is 0. The first-order valence-corrected chi connectivity index (χ1v) is 5.96. The first-order valence-electron chi connectivity index (χ1n) is 5.96. The Morgan fingerprint density at radius 3 is 2.94 bits per heavy atom. The molecule has 0 N–H and O–H groups in total. The zero-order chi connectivity index (χ0) is 11.3. The van der Waals surface area contributed by atoms with E-state index < -0.39 is 5.79 Å². The van der Waals surface area contributed by atoms with E-state index >= 15 is 0 Å². The smallest absolute Gasteiger partial charge is 0.163 e. The van der Waals surface area contributed by atoms with Crippen LogP contribution >= 0.6 is 0 Å². The van der Waals surface area contributed by atoms with Crippen molar-refractivity contribution < 1.29 is 9.47 Å². The van der Waals surface area contributed by atoms with Crippen LogP contribution in [0.25, 0.3) is 0 Å². The van der Waals surface area contributed by atoms with Crippen LogP contribution in [0.2, 0.25) is 0 Å². The molecule has 1 aliphatic heterocycles. The first kappa shape index (κ1) is 10.3. The third-order valence-electron chi connectivity index (χ3n) is 3.57. The topological polar surface area (TPSA) is 18.5 Å². The molecule has 2 heteroatoms. The van der Waals surface area contributed by atoms with Crippen LogP contribution in [-0.4, -0.2) is 12.4 Å². The van der Waals surface area contributed by atoms with Gasteiger partial charge in [-0.15, -0.1) is 0 Å². The molecule has 0 spiro atoms. The van der Waals surface area contributed by atoms with E-state index in [1.165, 1.54) is 16.7 Å². The number of aryl methyl sites for hydroxylation is 1. The van der Waals surface area contributed by atoms with E-state index in [1.54, 1.807) is 0 Å². The van der Waals surface area contributed by atoms with Crippen LogP contribution in [-0.2, 0) is 15.9 Å². The van der Waals surface area contributed by atoms with Gasteiger partial charge in [-0.25, -0.2) is 0 Å². The molecular formula is C14H18O2. The Kier molecular flexibility index (Phi) is 2.13. The molecule has 3 rings (SSSR count). The van der Waals surface area contributed by atoms with Crippen LogP contribution in [0.15, 0.2) is 18.2 Å². The molecule has 2 atom stereocenters. The molecule has 0 amide bonds. The van der Waals surface area contributed by atoms with E-state index in [-0.39, 0.29) is 6.10 Å². The molecule has 1 fully saturated rings. The average Bonchev–Trinajstić information content (AvgIpc) is 2.55. The highest BCUT2D eigenvalue weighted by molar-refractivity contribution is 5.38. The molecule has 0 radical (unpaired) electrons. The van der Waals surface area contributed by atoms with Crippen LogP contribution in [0.4, 0.5) is 0 Å². The van der Waals surface area contributed by atoms with Gasteiger partial charge in [0.15, 0.2) is 5.79 Å². The molecule has 86 valence electrons. The second kappa shape index (κ2) is 3.31. The largest absolute Gasteiger partial charge is 0.350 e. The van der Waals surface area contributed by atoms with Crippen LogP contribution in [0.5, 0.6) is 0 Å². The molecule has 16 heavy (non-hydrogen) atoms. The summed E-state index contributed by atoms with van der Waals surface area (Å²) in [5.41, 5.74) is 4.12. The SMILES string of the molecule is Cc1ccc2c(c1)C1OC(C)(C)OCC1C2. The van der Waals surface area contributed by atoms with E-state index in [2.05, 4.69) is 25.1 Å². The quantitative estimate of drug-likeness (QED) is 0.666. The second-order valence-electron chi connectivity index (χ2n) is 5.42. The Morgan fingerprint density at radius 1 is 1.31 bits per heavy atom. The summed E-state index contributed by atoms with van der Waals surface area (Å²) in [5, 5.41) is 0. The van der Waals surface area contributed by atoms with Gasteiger partial charge in [-0.2, -0.15) is 0 Å². The molecule has 2 aliphatic rings. The summed E-state index contributed by atoms with van der Waals surface area (Å²) in [4.78, 5) is 0. The van der Waals surface area contributed by atoms with Crippen molar-refractivity contribution in [3.05, 3.63) is 34.9 Å². The van der Waals surface area contributed by atoms with Gasteiger partial charge in [-0.05, 0) is 38.3 Å². The lowest BCUT2D eigenvalue weighted by atomic mass is 10.0. The molecule has 1 aromatic rings. The number of benzene rings is 1. The predicted octanol–water partition coefficient (Wildman–Crippen LogP) is 2.99. The van der Waals surface area contributed by atoms with Crippen LogP contribution in [0, 0.1) is 12.8 Å². The maximum Gasteiger partial charge on any atom is 0.163 e. The Morgan fingerprint density at radius 2 is 2.12 bits per heavy atom. The number of rotatable bonds is 0. The zero-order valence-corrected chi connectivity index (χ0v) is 10.1. The summed E-state index contributed by atoms with van der Waals surface area (Å²) in [6.45, 7) is 6.94. The van der Waals surface area contributed by atoms with Gasteiger partial charge < -0.3 is 9.47 Å². The van der Waals surface area contributed by atoms with Crippen LogP contribution in [0.1, 0.15) is 36.6 Å². The van der Waals surface area contributed by atoms with Gasteiger partial charge in [0.05, 0.1) is 12.7 Å². The van der Waals surface area contributed by atoms with Crippen molar-refractivity contribution in [3.8, 4) is 0 Å². The summed E-state index contributed by atoms with van der Waals surface area (Å²) < 4.78 is 11.8. The Hall–Kier alpha value is -0.860. The van der Waals surface area contributed by atoms with Crippen molar-refractivity contribution >= 4 is 0 Å². The van der Waals surface area contributed by atoms with Crippen molar-refractivity contribution in [2.24, 2.45) is 5.92 Å². The molecule has 1 heterocycles. The molecule has 1 aromatic carbocycles. The summed E-state index contributed by atoms with van der Waals surface area (Å²) in [6.07, 6.45) is 1.33. The molecular weight excluding hydrogens is 200 g/mol. The van der Waals surface area contributed by atoms with Gasteiger partial charge in [-0.1, -0.05) is 23.8 Å². The van der Waals surface area contributed by atoms with Gasteiger partial charge in [0.1, 0.15) is 0 Å². The first-order chi connectivity index (χ1) is 7.55. The Bertz CT molecular complexity index is 423. The normalized spacial score (nSPS) is 30.9. The van der Waals surface area contributed by atoms with Gasteiger partial charge >= 0.3 is 0 Å². The Labute approximate surface area is 96.6 Å².